The highest BCUT2D eigenvalue weighted by molar-refractivity contribution is 5.94. The van der Waals surface area contributed by atoms with Crippen LogP contribution in [0.5, 0.6) is 0 Å². The molecule has 0 bridgehead atoms. The Morgan fingerprint density at radius 2 is 1.24 bits per heavy atom. The highest BCUT2D eigenvalue weighted by Gasteiger charge is 2.34. The van der Waals surface area contributed by atoms with Crippen molar-refractivity contribution in [1.29, 1.82) is 0 Å². The molecule has 1 aromatic rings. The zero-order valence-electron chi connectivity index (χ0n) is 19.7. The van der Waals surface area contributed by atoms with Crippen LogP contribution in [0.15, 0.2) is 30.3 Å². The van der Waals surface area contributed by atoms with Crippen molar-refractivity contribution >= 4 is 23.7 Å². The molecule has 3 amide bonds. The predicted molar refractivity (Wildman–Crippen MR) is 123 cm³/mol. The Kier molecular flexibility index (Phi) is 11.0. The van der Waals surface area contributed by atoms with Gasteiger partial charge in [0.1, 0.15) is 18.1 Å². The summed E-state index contributed by atoms with van der Waals surface area (Å²) in [5.74, 6) is -4.05. The lowest BCUT2D eigenvalue weighted by molar-refractivity contribution is -0.144. The fraction of sp³-hybridized carbons (Fsp3) is 0.565. The van der Waals surface area contributed by atoms with Crippen molar-refractivity contribution in [2.24, 2.45) is 17.6 Å². The first-order valence-corrected chi connectivity index (χ1v) is 11.0. The summed E-state index contributed by atoms with van der Waals surface area (Å²) in [6, 6.07) is 4.69. The molecule has 0 aromatic heterocycles. The van der Waals surface area contributed by atoms with Crippen LogP contribution < -0.4 is 21.7 Å². The van der Waals surface area contributed by atoms with Gasteiger partial charge in [-0.2, -0.15) is 0 Å². The Morgan fingerprint density at radius 1 is 0.788 bits per heavy atom. The molecule has 0 aliphatic heterocycles. The van der Waals surface area contributed by atoms with Crippen LogP contribution in [-0.4, -0.2) is 64.2 Å². The van der Waals surface area contributed by atoms with E-state index in [0.29, 0.717) is 0 Å². The number of hydrogen-bond donors (Lipinski definition) is 6. The highest BCUT2D eigenvalue weighted by atomic mass is 16.4. The highest BCUT2D eigenvalue weighted by Crippen LogP contribution is 2.08. The Labute approximate surface area is 194 Å². The normalized spacial score (nSPS) is 15.8. The number of aliphatic hydroxyl groups is 1. The minimum atomic E-state index is -1.41. The van der Waals surface area contributed by atoms with Gasteiger partial charge in [0.2, 0.25) is 17.7 Å². The summed E-state index contributed by atoms with van der Waals surface area (Å²) >= 11 is 0. The van der Waals surface area contributed by atoms with Crippen molar-refractivity contribution in [2.75, 3.05) is 0 Å². The van der Waals surface area contributed by atoms with Crippen LogP contribution >= 0.6 is 0 Å². The molecule has 184 valence electrons. The fourth-order valence-electron chi connectivity index (χ4n) is 3.16. The van der Waals surface area contributed by atoms with Gasteiger partial charge in [-0.15, -0.1) is 0 Å². The lowest BCUT2D eigenvalue weighted by atomic mass is 10.00. The Morgan fingerprint density at radius 3 is 1.70 bits per heavy atom. The zero-order valence-corrected chi connectivity index (χ0v) is 19.7. The largest absolute Gasteiger partial charge is 0.480 e. The summed E-state index contributed by atoms with van der Waals surface area (Å²) < 4.78 is 0. The third kappa shape index (κ3) is 8.82. The van der Waals surface area contributed by atoms with Crippen LogP contribution in [0.4, 0.5) is 0 Å². The summed E-state index contributed by atoms with van der Waals surface area (Å²) in [6.45, 7) is 7.97. The molecule has 0 heterocycles. The van der Waals surface area contributed by atoms with Crippen molar-refractivity contribution in [1.82, 2.24) is 16.0 Å². The van der Waals surface area contributed by atoms with Crippen LogP contribution in [0.25, 0.3) is 0 Å². The molecule has 0 fully saturated rings. The Bertz CT molecular complexity index is 812. The van der Waals surface area contributed by atoms with E-state index in [2.05, 4.69) is 16.0 Å². The van der Waals surface area contributed by atoms with Gasteiger partial charge in [-0.1, -0.05) is 58.0 Å². The maximum absolute atomic E-state index is 12.9. The van der Waals surface area contributed by atoms with E-state index in [1.54, 1.807) is 27.7 Å². The molecule has 1 rings (SSSR count). The van der Waals surface area contributed by atoms with Crippen molar-refractivity contribution in [2.45, 2.75) is 71.3 Å². The molecule has 7 N–H and O–H groups in total. The first-order valence-electron chi connectivity index (χ1n) is 11.0. The van der Waals surface area contributed by atoms with E-state index >= 15 is 0 Å². The fourth-order valence-corrected chi connectivity index (χ4v) is 3.16. The van der Waals surface area contributed by atoms with Crippen LogP contribution in [-0.2, 0) is 25.6 Å². The second-order valence-electron chi connectivity index (χ2n) is 8.82. The molecule has 10 heteroatoms. The van der Waals surface area contributed by atoms with Gasteiger partial charge in [0.15, 0.2) is 0 Å². The summed E-state index contributed by atoms with van der Waals surface area (Å²) in [5.41, 5.74) is 6.87. The zero-order chi connectivity index (χ0) is 25.3. The lowest BCUT2D eigenvalue weighted by Gasteiger charge is -2.28. The number of carboxylic acids is 1. The van der Waals surface area contributed by atoms with Crippen molar-refractivity contribution < 1.29 is 29.4 Å². The van der Waals surface area contributed by atoms with Crippen LogP contribution in [0.1, 0.15) is 40.2 Å². The molecule has 0 saturated heterocycles. The summed E-state index contributed by atoms with van der Waals surface area (Å²) in [4.78, 5) is 49.5. The van der Waals surface area contributed by atoms with Crippen molar-refractivity contribution in [3.63, 3.8) is 0 Å². The van der Waals surface area contributed by atoms with Gasteiger partial charge in [-0.25, -0.2) is 4.79 Å². The number of amides is 3. The smallest absolute Gasteiger partial charge is 0.326 e. The monoisotopic (exact) mass is 464 g/mol. The van der Waals surface area contributed by atoms with Crippen LogP contribution in [0.2, 0.25) is 0 Å². The van der Waals surface area contributed by atoms with E-state index in [4.69, 9.17) is 5.73 Å². The molecule has 0 radical (unpaired) electrons. The maximum atomic E-state index is 12.9. The van der Waals surface area contributed by atoms with Gasteiger partial charge in [0, 0.05) is 0 Å². The average molecular weight is 465 g/mol. The van der Waals surface area contributed by atoms with E-state index in [1.165, 1.54) is 6.92 Å². The number of carbonyl (C=O) groups is 4. The SMILES string of the molecule is CC(C)C(NC(=O)C(NC(=O)C(NC(=O)C(N)Cc1ccccc1)C(C)C)C(C)O)C(=O)O. The lowest BCUT2D eigenvalue weighted by Crippen LogP contribution is -2.61. The second kappa shape index (κ2) is 12.9. The quantitative estimate of drug-likeness (QED) is 0.248. The number of hydrogen-bond acceptors (Lipinski definition) is 6. The number of aliphatic carboxylic acids is 1. The molecule has 10 nitrogen and oxygen atoms in total. The Balaban J connectivity index is 2.88. The van der Waals surface area contributed by atoms with Gasteiger partial charge in [-0.05, 0) is 30.7 Å². The van der Waals surface area contributed by atoms with Crippen LogP contribution in [0, 0.1) is 11.8 Å². The van der Waals surface area contributed by atoms with E-state index in [-0.39, 0.29) is 12.3 Å². The number of benzene rings is 1. The van der Waals surface area contributed by atoms with E-state index in [0.717, 1.165) is 5.56 Å². The first kappa shape index (κ1) is 28.1. The average Bonchev–Trinajstić information content (AvgIpc) is 2.73. The Hall–Kier alpha value is -2.98. The minimum Gasteiger partial charge on any atom is -0.480 e. The molecule has 0 aliphatic carbocycles. The second-order valence-corrected chi connectivity index (χ2v) is 8.82. The number of carbonyl (C=O) groups excluding carboxylic acids is 3. The van der Waals surface area contributed by atoms with E-state index in [1.807, 2.05) is 30.3 Å². The molecule has 0 spiro atoms. The van der Waals surface area contributed by atoms with Crippen LogP contribution in [0.3, 0.4) is 0 Å². The summed E-state index contributed by atoms with van der Waals surface area (Å²) in [6.07, 6.45) is -1.02. The number of nitrogens with one attached hydrogen (secondary N) is 3. The number of carboxylic acid groups (broad SMARTS) is 1. The number of nitrogens with two attached hydrogens (primary N) is 1. The molecule has 1 aromatic carbocycles. The van der Waals surface area contributed by atoms with Crippen molar-refractivity contribution in [3.8, 4) is 0 Å². The minimum absolute atomic E-state index is 0.281. The van der Waals surface area contributed by atoms with E-state index in [9.17, 15) is 29.4 Å². The molecule has 0 saturated carbocycles. The molecular weight excluding hydrogens is 428 g/mol. The standard InChI is InChI=1S/C23H36N4O6/c1-12(2)17(25-20(29)16(24)11-15-9-7-6-8-10-15)21(30)27-19(14(5)28)22(31)26-18(13(3)4)23(32)33/h6-10,12-14,16-19,28H,11,24H2,1-5H3,(H,25,29)(H,26,31)(H,27,30)(H,32,33). The van der Waals surface area contributed by atoms with Gasteiger partial charge in [0.25, 0.3) is 0 Å². The predicted octanol–water partition coefficient (Wildman–Crippen LogP) is -0.212. The summed E-state index contributed by atoms with van der Waals surface area (Å²) in [5, 5.41) is 26.7. The molecule has 5 atom stereocenters. The van der Waals surface area contributed by atoms with Gasteiger partial charge in [0.05, 0.1) is 12.1 Å². The van der Waals surface area contributed by atoms with Gasteiger partial charge < -0.3 is 31.9 Å². The third-order valence-corrected chi connectivity index (χ3v) is 5.18. The molecule has 5 unspecified atom stereocenters. The number of rotatable bonds is 12. The van der Waals surface area contributed by atoms with Gasteiger partial charge in [-0.3, -0.25) is 14.4 Å². The maximum Gasteiger partial charge on any atom is 0.326 e. The summed E-state index contributed by atoms with van der Waals surface area (Å²) in [7, 11) is 0. The topological polar surface area (TPSA) is 171 Å². The van der Waals surface area contributed by atoms with E-state index < -0.39 is 59.9 Å². The third-order valence-electron chi connectivity index (χ3n) is 5.18. The molecule has 33 heavy (non-hydrogen) atoms. The molecule has 0 aliphatic rings. The number of aliphatic hydroxyl groups excluding tert-OH is 1. The van der Waals surface area contributed by atoms with Crippen molar-refractivity contribution in [3.05, 3.63) is 35.9 Å². The van der Waals surface area contributed by atoms with Gasteiger partial charge >= 0.3 is 5.97 Å². The first-order chi connectivity index (χ1) is 15.3. The molecular formula is C23H36N4O6.